The number of nitrogens with one attached hydrogen (secondary N) is 2. The van der Waals surface area contributed by atoms with Crippen LogP contribution in [0.25, 0.3) is 0 Å². The average Bonchev–Trinajstić information content (AvgIpc) is 2.42. The Balaban J connectivity index is 1.64. The van der Waals surface area contributed by atoms with E-state index in [9.17, 15) is 4.79 Å². The van der Waals surface area contributed by atoms with Crippen molar-refractivity contribution in [2.75, 3.05) is 11.9 Å². The largest absolute Gasteiger partial charge is 0.368 e. The molecule has 1 aliphatic carbocycles. The maximum Gasteiger partial charge on any atom is 0.221 e. The molecule has 104 valence electrons. The minimum absolute atomic E-state index is 0.0984. The molecule has 1 aromatic rings. The maximum absolute atomic E-state index is 11.7. The third kappa shape index (κ3) is 5.03. The Hall–Kier alpha value is -1.36. The first-order valence-electron chi connectivity index (χ1n) is 6.75. The fraction of sp³-hybridized carbons (Fsp3) is 0.615. The van der Waals surface area contributed by atoms with Gasteiger partial charge in [-0.25, -0.2) is 9.97 Å². The summed E-state index contributed by atoms with van der Waals surface area (Å²) in [7, 11) is 0. The second-order valence-corrected chi connectivity index (χ2v) is 5.19. The Bertz CT molecular complexity index is 404. The molecule has 6 heteroatoms. The first-order valence-corrected chi connectivity index (χ1v) is 7.12. The molecule has 2 rings (SSSR count). The van der Waals surface area contributed by atoms with Crippen LogP contribution < -0.4 is 10.6 Å². The van der Waals surface area contributed by atoms with E-state index in [-0.39, 0.29) is 5.91 Å². The molecule has 1 aliphatic rings. The second kappa shape index (κ2) is 7.28. The minimum atomic E-state index is 0.0984. The van der Waals surface area contributed by atoms with Crippen molar-refractivity contribution in [1.29, 1.82) is 0 Å². The molecule has 0 spiro atoms. The predicted octanol–water partition coefficient (Wildman–Crippen LogP) is 2.38. The SMILES string of the molecule is O=C(CCNc1cnc(Cl)cn1)NC1CCCCC1. The van der Waals surface area contributed by atoms with Crippen LogP contribution in [-0.4, -0.2) is 28.5 Å². The monoisotopic (exact) mass is 282 g/mol. The Labute approximate surface area is 118 Å². The molecule has 0 bridgehead atoms. The normalized spacial score (nSPS) is 16.1. The van der Waals surface area contributed by atoms with Crippen molar-refractivity contribution < 1.29 is 4.79 Å². The summed E-state index contributed by atoms with van der Waals surface area (Å²) in [6.45, 7) is 0.550. The molecule has 0 radical (unpaired) electrons. The molecular formula is C13H19ClN4O. The van der Waals surface area contributed by atoms with Gasteiger partial charge in [0.05, 0.1) is 12.4 Å². The minimum Gasteiger partial charge on any atom is -0.368 e. The van der Waals surface area contributed by atoms with Gasteiger partial charge in [0, 0.05) is 19.0 Å². The first kappa shape index (κ1) is 14.1. The number of carbonyl (C=O) groups excluding carboxylic acids is 1. The van der Waals surface area contributed by atoms with Gasteiger partial charge in [-0.05, 0) is 12.8 Å². The lowest BCUT2D eigenvalue weighted by molar-refractivity contribution is -0.121. The highest BCUT2D eigenvalue weighted by atomic mass is 35.5. The van der Waals surface area contributed by atoms with Crippen LogP contribution in [0.15, 0.2) is 12.4 Å². The fourth-order valence-electron chi connectivity index (χ4n) is 2.25. The number of anilines is 1. The average molecular weight is 283 g/mol. The number of halogens is 1. The van der Waals surface area contributed by atoms with E-state index >= 15 is 0 Å². The van der Waals surface area contributed by atoms with Gasteiger partial charge in [-0.3, -0.25) is 4.79 Å². The highest BCUT2D eigenvalue weighted by molar-refractivity contribution is 6.29. The summed E-state index contributed by atoms with van der Waals surface area (Å²) in [5.41, 5.74) is 0. The molecule has 1 heterocycles. The molecule has 0 atom stereocenters. The molecule has 1 fully saturated rings. The first-order chi connectivity index (χ1) is 9.24. The van der Waals surface area contributed by atoms with Crippen LogP contribution in [0, 0.1) is 0 Å². The predicted molar refractivity (Wildman–Crippen MR) is 75.2 cm³/mol. The second-order valence-electron chi connectivity index (χ2n) is 4.80. The molecular weight excluding hydrogens is 264 g/mol. The topological polar surface area (TPSA) is 66.9 Å². The van der Waals surface area contributed by atoms with Crippen LogP contribution in [0.5, 0.6) is 0 Å². The summed E-state index contributed by atoms with van der Waals surface area (Å²) in [4.78, 5) is 19.7. The molecule has 5 nitrogen and oxygen atoms in total. The molecule has 2 N–H and O–H groups in total. The molecule has 0 unspecified atom stereocenters. The van der Waals surface area contributed by atoms with Crippen molar-refractivity contribution in [3.05, 3.63) is 17.5 Å². The van der Waals surface area contributed by atoms with Crippen LogP contribution in [0.3, 0.4) is 0 Å². The zero-order chi connectivity index (χ0) is 13.5. The Morgan fingerprint density at radius 1 is 1.26 bits per heavy atom. The van der Waals surface area contributed by atoms with Crippen molar-refractivity contribution in [3.63, 3.8) is 0 Å². The smallest absolute Gasteiger partial charge is 0.221 e. The van der Waals surface area contributed by atoms with Gasteiger partial charge >= 0.3 is 0 Å². The number of rotatable bonds is 5. The fourth-order valence-corrected chi connectivity index (χ4v) is 2.35. The summed E-state index contributed by atoms with van der Waals surface area (Å²) in [6.07, 6.45) is 9.45. The van der Waals surface area contributed by atoms with Gasteiger partial charge in [-0.2, -0.15) is 0 Å². The lowest BCUT2D eigenvalue weighted by Gasteiger charge is -2.22. The van der Waals surface area contributed by atoms with E-state index < -0.39 is 0 Å². The van der Waals surface area contributed by atoms with Crippen LogP contribution in [-0.2, 0) is 4.79 Å². The van der Waals surface area contributed by atoms with Crippen LogP contribution in [0.2, 0.25) is 5.15 Å². The summed E-state index contributed by atoms with van der Waals surface area (Å²) in [5, 5.41) is 6.49. The van der Waals surface area contributed by atoms with Crippen LogP contribution >= 0.6 is 11.6 Å². The molecule has 0 aliphatic heterocycles. The number of nitrogens with zero attached hydrogens (tertiary/aromatic N) is 2. The Morgan fingerprint density at radius 3 is 2.74 bits per heavy atom. The standard InChI is InChI=1S/C13H19ClN4O/c14-11-8-17-12(9-16-11)15-7-6-13(19)18-10-4-2-1-3-5-10/h8-10H,1-7H2,(H,15,17)(H,18,19). The molecule has 1 aromatic heterocycles. The number of hydrogen-bond acceptors (Lipinski definition) is 4. The summed E-state index contributed by atoms with van der Waals surface area (Å²) in [5.74, 6) is 0.733. The van der Waals surface area contributed by atoms with Gasteiger partial charge in [0.2, 0.25) is 5.91 Å². The van der Waals surface area contributed by atoms with Gasteiger partial charge in [0.25, 0.3) is 0 Å². The maximum atomic E-state index is 11.7. The van der Waals surface area contributed by atoms with E-state index in [4.69, 9.17) is 11.6 Å². The number of carbonyl (C=O) groups is 1. The van der Waals surface area contributed by atoms with Crippen molar-refractivity contribution in [2.24, 2.45) is 0 Å². The zero-order valence-corrected chi connectivity index (χ0v) is 11.6. The highest BCUT2D eigenvalue weighted by Gasteiger charge is 2.15. The van der Waals surface area contributed by atoms with Crippen molar-refractivity contribution in [3.8, 4) is 0 Å². The third-order valence-electron chi connectivity index (χ3n) is 3.25. The van der Waals surface area contributed by atoms with E-state index in [1.54, 1.807) is 6.20 Å². The van der Waals surface area contributed by atoms with Gasteiger partial charge in [0.15, 0.2) is 0 Å². The van der Waals surface area contributed by atoms with Crippen LogP contribution in [0.4, 0.5) is 5.82 Å². The summed E-state index contributed by atoms with van der Waals surface area (Å²) in [6, 6.07) is 0.372. The third-order valence-corrected chi connectivity index (χ3v) is 3.44. The van der Waals surface area contributed by atoms with Crippen LogP contribution in [0.1, 0.15) is 38.5 Å². The Morgan fingerprint density at radius 2 is 2.05 bits per heavy atom. The molecule has 0 aromatic carbocycles. The van der Waals surface area contributed by atoms with E-state index in [2.05, 4.69) is 20.6 Å². The van der Waals surface area contributed by atoms with E-state index in [1.165, 1.54) is 25.5 Å². The Kier molecular flexibility index (Phi) is 5.39. The molecule has 1 saturated carbocycles. The lowest BCUT2D eigenvalue weighted by Crippen LogP contribution is -2.36. The quantitative estimate of drug-likeness (QED) is 0.870. The number of hydrogen-bond donors (Lipinski definition) is 2. The molecule has 0 saturated heterocycles. The van der Waals surface area contributed by atoms with Crippen molar-refractivity contribution in [1.82, 2.24) is 15.3 Å². The molecule has 1 amide bonds. The van der Waals surface area contributed by atoms with Crippen molar-refractivity contribution in [2.45, 2.75) is 44.6 Å². The van der Waals surface area contributed by atoms with Gasteiger partial charge < -0.3 is 10.6 Å². The zero-order valence-electron chi connectivity index (χ0n) is 10.9. The summed E-state index contributed by atoms with van der Waals surface area (Å²) >= 11 is 5.64. The summed E-state index contributed by atoms with van der Waals surface area (Å²) < 4.78 is 0. The number of aromatic nitrogens is 2. The van der Waals surface area contributed by atoms with E-state index in [0.29, 0.717) is 30.0 Å². The van der Waals surface area contributed by atoms with Crippen molar-refractivity contribution >= 4 is 23.3 Å². The lowest BCUT2D eigenvalue weighted by atomic mass is 9.95. The molecule has 19 heavy (non-hydrogen) atoms. The highest BCUT2D eigenvalue weighted by Crippen LogP contribution is 2.17. The van der Waals surface area contributed by atoms with Gasteiger partial charge in [-0.15, -0.1) is 0 Å². The number of amides is 1. The van der Waals surface area contributed by atoms with E-state index in [0.717, 1.165) is 12.8 Å². The van der Waals surface area contributed by atoms with Gasteiger partial charge in [0.1, 0.15) is 11.0 Å². The van der Waals surface area contributed by atoms with Gasteiger partial charge in [-0.1, -0.05) is 30.9 Å². The van der Waals surface area contributed by atoms with E-state index in [1.807, 2.05) is 0 Å².